The Hall–Kier alpha value is -2.23. The quantitative estimate of drug-likeness (QED) is 0.868. The molecule has 0 fully saturated rings. The Labute approximate surface area is 155 Å². The highest BCUT2D eigenvalue weighted by Gasteiger charge is 2.18. The van der Waals surface area contributed by atoms with E-state index in [1.165, 1.54) is 44.1 Å². The summed E-state index contributed by atoms with van der Waals surface area (Å²) in [5.74, 6) is 0.137. The number of amidine groups is 1. The number of hydrogen-bond acceptors (Lipinski definition) is 5. The molecule has 2 aromatic rings. The second-order valence-electron chi connectivity index (χ2n) is 5.64. The molecule has 0 bridgehead atoms. The van der Waals surface area contributed by atoms with Crippen LogP contribution in [0.3, 0.4) is 0 Å². The van der Waals surface area contributed by atoms with E-state index in [9.17, 15) is 12.8 Å². The summed E-state index contributed by atoms with van der Waals surface area (Å²) >= 11 is 1.37. The van der Waals surface area contributed by atoms with Crippen LogP contribution in [-0.4, -0.2) is 43.5 Å². The summed E-state index contributed by atoms with van der Waals surface area (Å²) in [6, 6.07) is 12.8. The zero-order chi connectivity index (χ0) is 18.7. The third-order valence-corrected chi connectivity index (χ3v) is 6.33. The summed E-state index contributed by atoms with van der Waals surface area (Å²) in [6.07, 6.45) is 0. The van der Waals surface area contributed by atoms with Crippen LogP contribution >= 0.6 is 11.8 Å². The fourth-order valence-electron chi connectivity index (χ4n) is 2.25. The van der Waals surface area contributed by atoms with E-state index in [4.69, 9.17) is 0 Å². The van der Waals surface area contributed by atoms with E-state index >= 15 is 0 Å². The largest absolute Gasteiger partial charge is 0.255 e. The van der Waals surface area contributed by atoms with Crippen LogP contribution in [0.4, 0.5) is 10.1 Å². The molecule has 0 spiro atoms. The highest BCUT2D eigenvalue weighted by molar-refractivity contribution is 8.14. The van der Waals surface area contributed by atoms with E-state index in [1.807, 2.05) is 0 Å². The van der Waals surface area contributed by atoms with Gasteiger partial charge in [-0.25, -0.2) is 22.1 Å². The van der Waals surface area contributed by atoms with Crippen molar-refractivity contribution >= 4 is 38.4 Å². The summed E-state index contributed by atoms with van der Waals surface area (Å²) < 4.78 is 39.4. The fourth-order valence-corrected chi connectivity index (χ4v) is 3.96. The average molecular weight is 392 g/mol. The van der Waals surface area contributed by atoms with Gasteiger partial charge in [0.05, 0.1) is 16.3 Å². The van der Waals surface area contributed by atoms with Crippen molar-refractivity contribution in [3.8, 4) is 0 Å². The van der Waals surface area contributed by atoms with Gasteiger partial charge in [0.1, 0.15) is 5.82 Å². The molecule has 0 saturated carbocycles. The Morgan fingerprint density at radius 2 is 1.96 bits per heavy atom. The third kappa shape index (κ3) is 3.95. The molecule has 9 heteroatoms. The molecule has 1 aliphatic rings. The monoisotopic (exact) mass is 392 g/mol. The van der Waals surface area contributed by atoms with Gasteiger partial charge in [-0.2, -0.15) is 5.10 Å². The van der Waals surface area contributed by atoms with Crippen molar-refractivity contribution < 1.29 is 12.8 Å². The molecule has 0 aliphatic carbocycles. The minimum absolute atomic E-state index is 0.167. The normalized spacial score (nSPS) is 16.5. The Morgan fingerprint density at radius 3 is 2.62 bits per heavy atom. The Morgan fingerprint density at radius 1 is 1.19 bits per heavy atom. The van der Waals surface area contributed by atoms with Crippen LogP contribution in [0.5, 0.6) is 0 Å². The molecular weight excluding hydrogens is 375 g/mol. The Kier molecular flexibility index (Phi) is 5.40. The number of sulfonamides is 1. The van der Waals surface area contributed by atoms with Crippen molar-refractivity contribution in [2.75, 3.05) is 19.8 Å². The first-order chi connectivity index (χ1) is 12.4. The van der Waals surface area contributed by atoms with E-state index in [2.05, 4.69) is 15.5 Å². The lowest BCUT2D eigenvalue weighted by atomic mass is 10.1. The number of rotatable bonds is 4. The first-order valence-electron chi connectivity index (χ1n) is 7.69. The maximum absolute atomic E-state index is 13.8. The maximum atomic E-state index is 13.8. The summed E-state index contributed by atoms with van der Waals surface area (Å²) in [7, 11) is -0.567. The predicted molar refractivity (Wildman–Crippen MR) is 103 cm³/mol. The van der Waals surface area contributed by atoms with Gasteiger partial charge in [0.15, 0.2) is 5.17 Å². The smallest absolute Gasteiger partial charge is 0.242 e. The second-order valence-corrected chi connectivity index (χ2v) is 8.76. The number of benzene rings is 2. The lowest BCUT2D eigenvalue weighted by molar-refractivity contribution is 0.521. The zero-order valence-corrected chi connectivity index (χ0v) is 15.8. The number of hydrogen-bond donors (Lipinski definition) is 1. The SMILES string of the molecule is CN(C)S(=O)(=O)c1cccc(N=C2NN=C(c3ccccc3F)CS2)c1. The van der Waals surface area contributed by atoms with E-state index in [-0.39, 0.29) is 10.7 Å². The van der Waals surface area contributed by atoms with Crippen molar-refractivity contribution in [3.63, 3.8) is 0 Å². The molecule has 6 nitrogen and oxygen atoms in total. The molecule has 3 rings (SSSR count). The third-order valence-electron chi connectivity index (χ3n) is 3.64. The summed E-state index contributed by atoms with van der Waals surface area (Å²) in [6.45, 7) is 0. The molecule has 0 saturated heterocycles. The molecule has 0 atom stereocenters. The molecule has 1 heterocycles. The van der Waals surface area contributed by atoms with Gasteiger partial charge in [0, 0.05) is 25.4 Å². The number of hydrazone groups is 1. The molecule has 0 amide bonds. The predicted octanol–water partition coefficient (Wildman–Crippen LogP) is 2.80. The second kappa shape index (κ2) is 7.56. The molecule has 136 valence electrons. The lowest BCUT2D eigenvalue weighted by Crippen LogP contribution is -2.25. The van der Waals surface area contributed by atoms with Crippen LogP contribution < -0.4 is 5.43 Å². The minimum Gasteiger partial charge on any atom is -0.255 e. The summed E-state index contributed by atoms with van der Waals surface area (Å²) in [5.41, 5.74) is 4.33. The van der Waals surface area contributed by atoms with Gasteiger partial charge < -0.3 is 0 Å². The van der Waals surface area contributed by atoms with Crippen LogP contribution in [0.15, 0.2) is 63.5 Å². The highest BCUT2D eigenvalue weighted by atomic mass is 32.2. The van der Waals surface area contributed by atoms with E-state index in [0.29, 0.717) is 27.9 Å². The first-order valence-corrected chi connectivity index (χ1v) is 10.1. The van der Waals surface area contributed by atoms with Gasteiger partial charge in [-0.1, -0.05) is 36.0 Å². The molecule has 2 aromatic carbocycles. The number of nitrogens with one attached hydrogen (secondary N) is 1. The number of halogens is 1. The summed E-state index contributed by atoms with van der Waals surface area (Å²) in [5, 5.41) is 4.70. The van der Waals surface area contributed by atoms with Crippen LogP contribution in [0.1, 0.15) is 5.56 Å². The van der Waals surface area contributed by atoms with Crippen molar-refractivity contribution in [1.82, 2.24) is 9.73 Å². The Balaban J connectivity index is 1.82. The first kappa shape index (κ1) is 18.6. The van der Waals surface area contributed by atoms with Crippen LogP contribution in [0.2, 0.25) is 0 Å². The molecule has 0 aromatic heterocycles. The molecule has 0 unspecified atom stereocenters. The van der Waals surface area contributed by atoms with Crippen molar-refractivity contribution in [2.24, 2.45) is 10.1 Å². The number of nitrogens with zero attached hydrogens (tertiary/aromatic N) is 3. The van der Waals surface area contributed by atoms with Crippen molar-refractivity contribution in [3.05, 3.63) is 59.9 Å². The zero-order valence-electron chi connectivity index (χ0n) is 14.2. The van der Waals surface area contributed by atoms with Gasteiger partial charge >= 0.3 is 0 Å². The topological polar surface area (TPSA) is 74.1 Å². The van der Waals surface area contributed by atoms with E-state index in [1.54, 1.807) is 30.3 Å². The molecule has 1 N–H and O–H groups in total. The van der Waals surface area contributed by atoms with Gasteiger partial charge in [0.2, 0.25) is 10.0 Å². The molecule has 1 aliphatic heterocycles. The Bertz CT molecular complexity index is 988. The number of thioether (sulfide) groups is 1. The molecule has 0 radical (unpaired) electrons. The molecular formula is C17H17FN4O2S2. The van der Waals surface area contributed by atoms with E-state index in [0.717, 1.165) is 4.31 Å². The number of aliphatic imine (C=N–C) groups is 1. The lowest BCUT2D eigenvalue weighted by Gasteiger charge is -2.15. The maximum Gasteiger partial charge on any atom is 0.242 e. The summed E-state index contributed by atoms with van der Waals surface area (Å²) in [4.78, 5) is 4.55. The van der Waals surface area contributed by atoms with Crippen LogP contribution in [-0.2, 0) is 10.0 Å². The van der Waals surface area contributed by atoms with Crippen molar-refractivity contribution in [2.45, 2.75) is 4.90 Å². The van der Waals surface area contributed by atoms with Gasteiger partial charge in [0.25, 0.3) is 0 Å². The van der Waals surface area contributed by atoms with Crippen LogP contribution in [0, 0.1) is 5.82 Å². The average Bonchev–Trinajstić information content (AvgIpc) is 2.63. The van der Waals surface area contributed by atoms with Crippen LogP contribution in [0.25, 0.3) is 0 Å². The minimum atomic E-state index is -3.52. The fraction of sp³-hybridized carbons (Fsp3) is 0.176. The van der Waals surface area contributed by atoms with Gasteiger partial charge in [-0.15, -0.1) is 0 Å². The van der Waals surface area contributed by atoms with Gasteiger partial charge in [-0.3, -0.25) is 5.43 Å². The van der Waals surface area contributed by atoms with Gasteiger partial charge in [-0.05, 0) is 24.3 Å². The standard InChI is InChI=1S/C17H17FN4O2S2/c1-22(2)26(23,24)13-7-5-6-12(10-13)19-17-21-20-16(11-25-17)14-8-3-4-9-15(14)18/h3-10H,11H2,1-2H3,(H,19,21). The van der Waals surface area contributed by atoms with E-state index < -0.39 is 10.0 Å². The van der Waals surface area contributed by atoms with Crippen molar-refractivity contribution in [1.29, 1.82) is 0 Å². The highest BCUT2D eigenvalue weighted by Crippen LogP contribution is 2.23. The molecule has 26 heavy (non-hydrogen) atoms.